The van der Waals surface area contributed by atoms with Gasteiger partial charge in [-0.05, 0) is 24.3 Å². The third kappa shape index (κ3) is 4.03. The van der Waals surface area contributed by atoms with Crippen LogP contribution in [0, 0.1) is 0 Å². The average molecular weight is 395 g/mol. The number of anilines is 2. The van der Waals surface area contributed by atoms with E-state index in [0.29, 0.717) is 17.8 Å². The number of carboxylic acids is 1. The smallest absolute Gasteiger partial charge is 0.335 e. The molecule has 0 unspecified atom stereocenters. The molecule has 3 aromatic rings. The van der Waals surface area contributed by atoms with Gasteiger partial charge in [-0.25, -0.2) is 14.8 Å². The number of rotatable bonds is 6. The number of hydrogen-bond donors (Lipinski definition) is 3. The van der Waals surface area contributed by atoms with Crippen LogP contribution in [-0.2, 0) is 4.79 Å². The Bertz CT molecular complexity index is 1170. The van der Waals surface area contributed by atoms with Crippen molar-refractivity contribution in [1.29, 1.82) is 0 Å². The molecule has 2 heterocycles. The molecule has 29 heavy (non-hydrogen) atoms. The van der Waals surface area contributed by atoms with E-state index in [-0.39, 0.29) is 28.4 Å². The Morgan fingerprint density at radius 2 is 1.90 bits per heavy atom. The van der Waals surface area contributed by atoms with E-state index < -0.39 is 11.5 Å². The van der Waals surface area contributed by atoms with E-state index in [2.05, 4.69) is 19.9 Å². The number of hydrogen-bond acceptors (Lipinski definition) is 8. The van der Waals surface area contributed by atoms with E-state index >= 15 is 0 Å². The van der Waals surface area contributed by atoms with Crippen LogP contribution in [0.3, 0.4) is 0 Å². The van der Waals surface area contributed by atoms with Crippen molar-refractivity contribution in [2.24, 2.45) is 0 Å². The first-order chi connectivity index (χ1) is 13.8. The van der Waals surface area contributed by atoms with Gasteiger partial charge in [-0.3, -0.25) is 19.5 Å². The number of aromatic amines is 1. The fraction of sp³-hybridized carbons (Fsp3) is 0.111. The second kappa shape index (κ2) is 7.76. The molecule has 148 valence electrons. The first kappa shape index (κ1) is 19.5. The number of amides is 1. The maximum atomic E-state index is 12.2. The van der Waals surface area contributed by atoms with Gasteiger partial charge in [-0.1, -0.05) is 0 Å². The van der Waals surface area contributed by atoms with Gasteiger partial charge >= 0.3 is 5.97 Å². The zero-order chi connectivity index (χ0) is 21.1. The summed E-state index contributed by atoms with van der Waals surface area (Å²) >= 11 is 0. The van der Waals surface area contributed by atoms with E-state index in [1.807, 2.05) is 0 Å². The summed E-state index contributed by atoms with van der Waals surface area (Å²) in [4.78, 5) is 52.8. The van der Waals surface area contributed by atoms with Crippen LogP contribution in [-0.4, -0.2) is 56.4 Å². The van der Waals surface area contributed by atoms with E-state index in [0.717, 1.165) is 0 Å². The van der Waals surface area contributed by atoms with Crippen LogP contribution >= 0.6 is 0 Å². The second-order valence-electron chi connectivity index (χ2n) is 6.18. The molecule has 0 radical (unpaired) electrons. The Balaban J connectivity index is 2.14. The Morgan fingerprint density at radius 1 is 1.21 bits per heavy atom. The first-order valence-corrected chi connectivity index (χ1v) is 8.29. The van der Waals surface area contributed by atoms with Crippen LogP contribution in [0.15, 0.2) is 41.5 Å². The molecule has 0 saturated heterocycles. The number of aromatic nitrogens is 4. The fourth-order valence-electron chi connectivity index (χ4n) is 2.58. The van der Waals surface area contributed by atoms with Gasteiger partial charge in [0.2, 0.25) is 12.4 Å². The number of nitrogens with two attached hydrogens (primary N) is 1. The van der Waals surface area contributed by atoms with Crippen LogP contribution in [0.1, 0.15) is 16.1 Å². The van der Waals surface area contributed by atoms with Gasteiger partial charge in [0.25, 0.3) is 5.56 Å². The summed E-state index contributed by atoms with van der Waals surface area (Å²) in [7, 11) is 3.50. The van der Waals surface area contributed by atoms with Crippen molar-refractivity contribution in [3.8, 4) is 0 Å². The lowest BCUT2D eigenvalue weighted by Crippen LogP contribution is -2.23. The van der Waals surface area contributed by atoms with Gasteiger partial charge in [0.1, 0.15) is 5.69 Å². The van der Waals surface area contributed by atoms with Crippen LogP contribution in [0.5, 0.6) is 0 Å². The molecule has 0 bridgehead atoms. The number of H-pyrrole nitrogens is 1. The van der Waals surface area contributed by atoms with Gasteiger partial charge < -0.3 is 15.7 Å². The SMILES string of the molecule is CN(C)C=C(c1cnc2nc(N)[nH]c(=O)c2n1)N(C=O)c1ccc(C(=O)O)cc1. The number of carbonyl (C=O) groups is 2. The summed E-state index contributed by atoms with van der Waals surface area (Å²) in [5.74, 6) is -1.16. The Morgan fingerprint density at radius 3 is 2.48 bits per heavy atom. The van der Waals surface area contributed by atoms with Crippen molar-refractivity contribution in [1.82, 2.24) is 24.8 Å². The molecule has 0 spiro atoms. The van der Waals surface area contributed by atoms with Crippen molar-refractivity contribution in [2.75, 3.05) is 24.7 Å². The molecule has 11 heteroatoms. The Kier molecular flexibility index (Phi) is 5.21. The number of benzene rings is 1. The van der Waals surface area contributed by atoms with Gasteiger partial charge in [0.15, 0.2) is 11.2 Å². The lowest BCUT2D eigenvalue weighted by molar-refractivity contribution is -0.106. The van der Waals surface area contributed by atoms with Crippen molar-refractivity contribution in [3.63, 3.8) is 0 Å². The molecule has 11 nitrogen and oxygen atoms in total. The quantitative estimate of drug-likeness (QED) is 0.506. The minimum atomic E-state index is -1.08. The highest BCUT2D eigenvalue weighted by atomic mass is 16.4. The zero-order valence-electron chi connectivity index (χ0n) is 15.5. The van der Waals surface area contributed by atoms with Crippen LogP contribution in [0.4, 0.5) is 11.6 Å². The maximum Gasteiger partial charge on any atom is 0.335 e. The molecule has 0 aliphatic rings. The molecule has 0 aliphatic heterocycles. The summed E-state index contributed by atoms with van der Waals surface area (Å²) in [5.41, 5.74) is 6.04. The molecule has 0 fully saturated rings. The predicted molar refractivity (Wildman–Crippen MR) is 106 cm³/mol. The van der Waals surface area contributed by atoms with E-state index in [1.165, 1.54) is 35.4 Å². The monoisotopic (exact) mass is 395 g/mol. The fourth-order valence-corrected chi connectivity index (χ4v) is 2.58. The number of carboxylic acid groups (broad SMARTS) is 1. The number of nitrogens with one attached hydrogen (secondary N) is 1. The average Bonchev–Trinajstić information content (AvgIpc) is 2.67. The molecule has 1 aromatic carbocycles. The number of nitrogens with zero attached hydrogens (tertiary/aromatic N) is 5. The maximum absolute atomic E-state index is 12.2. The third-order valence-corrected chi connectivity index (χ3v) is 3.84. The molecule has 3 rings (SSSR count). The number of aromatic carboxylic acids is 1. The van der Waals surface area contributed by atoms with Crippen molar-refractivity contribution in [3.05, 3.63) is 58.3 Å². The molecule has 4 N–H and O–H groups in total. The minimum Gasteiger partial charge on any atom is -0.478 e. The van der Waals surface area contributed by atoms with Crippen LogP contribution < -0.4 is 16.2 Å². The summed E-state index contributed by atoms with van der Waals surface area (Å²) in [5, 5.41) is 9.06. The van der Waals surface area contributed by atoms with Crippen molar-refractivity contribution < 1.29 is 14.7 Å². The lowest BCUT2D eigenvalue weighted by atomic mass is 10.2. The summed E-state index contributed by atoms with van der Waals surface area (Å²) in [6.45, 7) is 0. The Hall–Kier alpha value is -4.28. The molecule has 0 atom stereocenters. The van der Waals surface area contributed by atoms with Gasteiger partial charge in [-0.15, -0.1) is 0 Å². The molecular formula is C18H17N7O4. The second-order valence-corrected chi connectivity index (χ2v) is 6.18. The lowest BCUT2D eigenvalue weighted by Gasteiger charge is -2.22. The summed E-state index contributed by atoms with van der Waals surface area (Å²) < 4.78 is 0. The van der Waals surface area contributed by atoms with Crippen molar-refractivity contribution in [2.45, 2.75) is 0 Å². The van der Waals surface area contributed by atoms with E-state index in [4.69, 9.17) is 10.8 Å². The van der Waals surface area contributed by atoms with Crippen LogP contribution in [0.2, 0.25) is 0 Å². The molecular weight excluding hydrogens is 378 g/mol. The number of fused-ring (bicyclic) bond motifs is 1. The molecule has 0 saturated carbocycles. The first-order valence-electron chi connectivity index (χ1n) is 8.29. The highest BCUT2D eigenvalue weighted by molar-refractivity contribution is 5.96. The Labute approximate surface area is 164 Å². The summed E-state index contributed by atoms with van der Waals surface area (Å²) in [6.07, 6.45) is 3.54. The van der Waals surface area contributed by atoms with Gasteiger partial charge in [0, 0.05) is 26.0 Å². The van der Waals surface area contributed by atoms with Crippen molar-refractivity contribution >= 4 is 40.9 Å². The minimum absolute atomic E-state index is 0.0339. The largest absolute Gasteiger partial charge is 0.478 e. The normalized spacial score (nSPS) is 11.3. The molecule has 0 aliphatic carbocycles. The van der Waals surface area contributed by atoms with Gasteiger partial charge in [-0.2, -0.15) is 4.98 Å². The standard InChI is InChI=1S/C18H17N7O4/c1-24(2)8-13(25(9-26)11-5-3-10(4-6-11)17(28)29)12-7-20-15-14(21-12)16(27)23-18(19)22-15/h3-9H,1-2H3,(H,28,29)(H3,19,20,22,23,27). The van der Waals surface area contributed by atoms with E-state index in [9.17, 15) is 14.4 Å². The topological polar surface area (TPSA) is 158 Å². The number of carbonyl (C=O) groups excluding carboxylic acids is 1. The third-order valence-electron chi connectivity index (χ3n) is 3.84. The van der Waals surface area contributed by atoms with Crippen LogP contribution in [0.25, 0.3) is 16.9 Å². The van der Waals surface area contributed by atoms with E-state index in [1.54, 1.807) is 25.2 Å². The highest BCUT2D eigenvalue weighted by Crippen LogP contribution is 2.25. The molecule has 1 amide bonds. The zero-order valence-corrected chi connectivity index (χ0v) is 15.5. The predicted octanol–water partition coefficient (Wildman–Crippen LogP) is 0.517. The highest BCUT2D eigenvalue weighted by Gasteiger charge is 2.18. The van der Waals surface area contributed by atoms with Gasteiger partial charge in [0.05, 0.1) is 17.5 Å². The number of nitrogen functional groups attached to an aromatic ring is 1. The summed E-state index contributed by atoms with van der Waals surface area (Å²) in [6, 6.07) is 5.74. The molecule has 2 aromatic heterocycles.